The third-order valence-electron chi connectivity index (χ3n) is 5.49. The van der Waals surface area contributed by atoms with Crippen molar-refractivity contribution in [2.75, 3.05) is 29.8 Å². The number of aryl methyl sites for hydroxylation is 1. The Bertz CT molecular complexity index is 1420. The Hall–Kier alpha value is -3.31. The van der Waals surface area contributed by atoms with Gasteiger partial charge in [0.05, 0.1) is 29.7 Å². The van der Waals surface area contributed by atoms with E-state index in [1.54, 1.807) is 24.3 Å². The van der Waals surface area contributed by atoms with E-state index >= 15 is 0 Å². The zero-order valence-electron chi connectivity index (χ0n) is 18.5. The maximum Gasteiger partial charge on any atom is 0.264 e. The molecule has 4 rings (SSSR count). The van der Waals surface area contributed by atoms with Gasteiger partial charge >= 0.3 is 0 Å². The average Bonchev–Trinajstić information content (AvgIpc) is 2.83. The summed E-state index contributed by atoms with van der Waals surface area (Å²) in [6, 6.07) is 14.1. The molecule has 0 bridgehead atoms. The zero-order chi connectivity index (χ0) is 24.5. The molecule has 0 amide bonds. The van der Waals surface area contributed by atoms with Crippen molar-refractivity contribution >= 4 is 31.4 Å². The van der Waals surface area contributed by atoms with Crippen LogP contribution in [0.3, 0.4) is 0 Å². The van der Waals surface area contributed by atoms with Crippen molar-refractivity contribution < 1.29 is 30.7 Å². The van der Waals surface area contributed by atoms with Gasteiger partial charge in [0, 0.05) is 12.2 Å². The molecule has 0 unspecified atom stereocenters. The second-order valence-corrected chi connectivity index (χ2v) is 11.1. The Balaban J connectivity index is 1.62. The number of nitrogens with zero attached hydrogens (tertiary/aromatic N) is 1. The molecule has 1 aliphatic heterocycles. The molecule has 180 valence electrons. The molecule has 0 saturated carbocycles. The van der Waals surface area contributed by atoms with Crippen LogP contribution in [0.5, 0.6) is 11.5 Å². The summed E-state index contributed by atoms with van der Waals surface area (Å²) in [5.74, 6) is -0.312. The Kier molecular flexibility index (Phi) is 6.41. The highest BCUT2D eigenvalue weighted by Crippen LogP contribution is 2.34. The van der Waals surface area contributed by atoms with Gasteiger partial charge in [-0.05, 0) is 79.1 Å². The van der Waals surface area contributed by atoms with Crippen LogP contribution in [-0.4, -0.2) is 37.6 Å². The summed E-state index contributed by atoms with van der Waals surface area (Å²) in [7, 11) is -5.10. The molecule has 0 saturated heterocycles. The number of anilines is 2. The molecule has 3 aromatic rings. The summed E-state index contributed by atoms with van der Waals surface area (Å²) in [4.78, 5) is -0.125. The van der Waals surface area contributed by atoms with Crippen molar-refractivity contribution in [1.29, 1.82) is 0 Å². The summed E-state index contributed by atoms with van der Waals surface area (Å²) in [5.41, 5.74) is 1.42. The Morgan fingerprint density at radius 3 is 2.24 bits per heavy atom. The van der Waals surface area contributed by atoms with Crippen molar-refractivity contribution in [3.8, 4) is 11.5 Å². The van der Waals surface area contributed by atoms with E-state index in [-0.39, 0.29) is 21.2 Å². The summed E-state index contributed by atoms with van der Waals surface area (Å²) in [5, 5.41) is 0. The Morgan fingerprint density at radius 1 is 0.882 bits per heavy atom. The lowest BCUT2D eigenvalue weighted by molar-refractivity contribution is 0.385. The monoisotopic (exact) mass is 506 g/mol. The van der Waals surface area contributed by atoms with E-state index in [4.69, 9.17) is 9.47 Å². The lowest BCUT2D eigenvalue weighted by atomic mass is 10.0. The van der Waals surface area contributed by atoms with Gasteiger partial charge in [0.1, 0.15) is 5.75 Å². The van der Waals surface area contributed by atoms with Crippen LogP contribution in [0.1, 0.15) is 12.0 Å². The number of methoxy groups -OCH3 is 2. The lowest BCUT2D eigenvalue weighted by Gasteiger charge is -2.31. The molecule has 0 radical (unpaired) electrons. The van der Waals surface area contributed by atoms with Gasteiger partial charge in [0.25, 0.3) is 20.0 Å². The fraction of sp³-hybridized carbons (Fsp3) is 0.217. The second kappa shape index (κ2) is 9.15. The molecule has 0 fully saturated rings. The molecule has 1 N–H and O–H groups in total. The molecule has 34 heavy (non-hydrogen) atoms. The largest absolute Gasteiger partial charge is 0.497 e. The maximum absolute atomic E-state index is 14.0. The lowest BCUT2D eigenvalue weighted by Crippen LogP contribution is -2.35. The van der Waals surface area contributed by atoms with Crippen molar-refractivity contribution in [1.82, 2.24) is 0 Å². The molecule has 1 heterocycles. The highest BCUT2D eigenvalue weighted by atomic mass is 32.2. The van der Waals surface area contributed by atoms with E-state index in [1.807, 2.05) is 0 Å². The van der Waals surface area contributed by atoms with Gasteiger partial charge in [0.15, 0.2) is 11.6 Å². The number of ether oxygens (including phenoxy) is 2. The van der Waals surface area contributed by atoms with Crippen LogP contribution in [-0.2, 0) is 26.5 Å². The number of nitrogens with one attached hydrogen (secondary N) is 1. The van der Waals surface area contributed by atoms with Gasteiger partial charge in [-0.25, -0.2) is 21.2 Å². The number of sulfonamides is 2. The van der Waals surface area contributed by atoms with Crippen LogP contribution < -0.4 is 18.5 Å². The minimum Gasteiger partial charge on any atom is -0.497 e. The van der Waals surface area contributed by atoms with Gasteiger partial charge in [-0.3, -0.25) is 9.03 Å². The summed E-state index contributed by atoms with van der Waals surface area (Å²) in [6.07, 6.45) is 1.15. The molecule has 1 aliphatic rings. The number of rotatable bonds is 7. The first kappa shape index (κ1) is 23.8. The first-order valence-electron chi connectivity index (χ1n) is 10.3. The fourth-order valence-corrected chi connectivity index (χ4v) is 6.38. The van der Waals surface area contributed by atoms with Crippen LogP contribution >= 0.6 is 0 Å². The topological polar surface area (TPSA) is 102 Å². The summed E-state index contributed by atoms with van der Waals surface area (Å²) < 4.78 is 79.7. The first-order chi connectivity index (χ1) is 16.2. The van der Waals surface area contributed by atoms with Gasteiger partial charge in [-0.2, -0.15) is 0 Å². The van der Waals surface area contributed by atoms with E-state index in [1.165, 1.54) is 48.9 Å². The van der Waals surface area contributed by atoms with Gasteiger partial charge in [0.2, 0.25) is 0 Å². The van der Waals surface area contributed by atoms with Crippen LogP contribution in [0.15, 0.2) is 70.5 Å². The quantitative estimate of drug-likeness (QED) is 0.523. The van der Waals surface area contributed by atoms with Crippen molar-refractivity contribution in [2.45, 2.75) is 22.6 Å². The van der Waals surface area contributed by atoms with E-state index in [0.29, 0.717) is 36.4 Å². The minimum atomic E-state index is -4.07. The van der Waals surface area contributed by atoms with E-state index in [0.717, 1.165) is 6.07 Å². The number of halogens is 1. The highest BCUT2D eigenvalue weighted by Gasteiger charge is 2.29. The summed E-state index contributed by atoms with van der Waals surface area (Å²) >= 11 is 0. The molecule has 0 spiro atoms. The predicted octanol–water partition coefficient (Wildman–Crippen LogP) is 3.79. The standard InChI is InChI=1S/C23H23FN2O6S2/c1-31-18-6-8-19(9-7-18)34(29,30)26-13-3-4-16-14-17(5-11-22(16)26)25-33(27,28)20-10-12-23(32-2)21(24)15-20/h5-12,14-15,25H,3-4,13H2,1-2H3. The molecule has 11 heteroatoms. The van der Waals surface area contributed by atoms with Crippen LogP contribution in [0.2, 0.25) is 0 Å². The zero-order valence-corrected chi connectivity index (χ0v) is 20.1. The highest BCUT2D eigenvalue weighted by molar-refractivity contribution is 7.93. The second-order valence-electron chi connectivity index (χ2n) is 7.60. The summed E-state index contributed by atoms with van der Waals surface area (Å²) in [6.45, 7) is 0.303. The smallest absolute Gasteiger partial charge is 0.264 e. The van der Waals surface area contributed by atoms with Crippen LogP contribution in [0.4, 0.5) is 15.8 Å². The van der Waals surface area contributed by atoms with Crippen molar-refractivity contribution in [3.05, 3.63) is 72.0 Å². The number of benzene rings is 3. The predicted molar refractivity (Wildman–Crippen MR) is 126 cm³/mol. The third kappa shape index (κ3) is 4.53. The van der Waals surface area contributed by atoms with E-state index in [2.05, 4.69) is 4.72 Å². The minimum absolute atomic E-state index is 0.0640. The van der Waals surface area contributed by atoms with Gasteiger partial charge in [-0.15, -0.1) is 0 Å². The Morgan fingerprint density at radius 2 is 1.59 bits per heavy atom. The van der Waals surface area contributed by atoms with Gasteiger partial charge in [-0.1, -0.05) is 0 Å². The average molecular weight is 507 g/mol. The third-order valence-corrected chi connectivity index (χ3v) is 8.70. The van der Waals surface area contributed by atoms with Gasteiger partial charge < -0.3 is 9.47 Å². The van der Waals surface area contributed by atoms with E-state index in [9.17, 15) is 21.2 Å². The number of hydrogen-bond acceptors (Lipinski definition) is 6. The maximum atomic E-state index is 14.0. The number of fused-ring (bicyclic) bond motifs is 1. The SMILES string of the molecule is COc1ccc(S(=O)(=O)N2CCCc3cc(NS(=O)(=O)c4ccc(OC)c(F)c4)ccc32)cc1. The normalized spacial score (nSPS) is 13.8. The molecule has 3 aromatic carbocycles. The molecule has 0 atom stereocenters. The fourth-order valence-electron chi connectivity index (χ4n) is 3.78. The molecular formula is C23H23FN2O6S2. The molecule has 0 aliphatic carbocycles. The van der Waals surface area contributed by atoms with Crippen LogP contribution in [0.25, 0.3) is 0 Å². The number of hydrogen-bond donors (Lipinski definition) is 1. The van der Waals surface area contributed by atoms with Crippen molar-refractivity contribution in [2.24, 2.45) is 0 Å². The first-order valence-corrected chi connectivity index (χ1v) is 13.2. The molecule has 0 aromatic heterocycles. The van der Waals surface area contributed by atoms with Crippen LogP contribution in [0, 0.1) is 5.82 Å². The Labute approximate surface area is 198 Å². The van der Waals surface area contributed by atoms with E-state index < -0.39 is 25.9 Å². The molecule has 8 nitrogen and oxygen atoms in total. The molecular weight excluding hydrogens is 483 g/mol. The van der Waals surface area contributed by atoms with Crippen molar-refractivity contribution in [3.63, 3.8) is 0 Å².